The normalized spacial score (nSPS) is 14.6. The van der Waals surface area contributed by atoms with Gasteiger partial charge in [-0.05, 0) is 36.6 Å². The van der Waals surface area contributed by atoms with Crippen molar-refractivity contribution in [2.75, 3.05) is 6.54 Å². The van der Waals surface area contributed by atoms with E-state index in [0.29, 0.717) is 5.92 Å². The summed E-state index contributed by atoms with van der Waals surface area (Å²) in [6, 6.07) is 5.23. The van der Waals surface area contributed by atoms with E-state index in [1.807, 2.05) is 6.07 Å². The Hall–Kier alpha value is -0.410. The average molecular weight is 302 g/mol. The lowest BCUT2D eigenvalue weighted by Gasteiger charge is -2.25. The summed E-state index contributed by atoms with van der Waals surface area (Å²) in [7, 11) is 0. The number of nitrogens with one attached hydrogen (secondary N) is 1. The van der Waals surface area contributed by atoms with E-state index < -0.39 is 0 Å². The standard InChI is InChI=1S/C14H21BrFN/c1-4-8-17-14(10(3)5-2)12-7-6-11(16)9-13(12)15/h6-7,9-10,14,17H,4-5,8H2,1-3H3. The van der Waals surface area contributed by atoms with Gasteiger partial charge in [0.2, 0.25) is 0 Å². The molecule has 0 saturated carbocycles. The maximum Gasteiger partial charge on any atom is 0.124 e. The van der Waals surface area contributed by atoms with Gasteiger partial charge in [-0.2, -0.15) is 0 Å². The average Bonchev–Trinajstić information content (AvgIpc) is 2.31. The Morgan fingerprint density at radius 1 is 1.35 bits per heavy atom. The van der Waals surface area contributed by atoms with Crippen molar-refractivity contribution in [3.05, 3.63) is 34.1 Å². The highest BCUT2D eigenvalue weighted by molar-refractivity contribution is 9.10. The molecule has 0 bridgehead atoms. The van der Waals surface area contributed by atoms with Gasteiger partial charge >= 0.3 is 0 Å². The summed E-state index contributed by atoms with van der Waals surface area (Å²) >= 11 is 3.46. The summed E-state index contributed by atoms with van der Waals surface area (Å²) in [5.74, 6) is 0.335. The van der Waals surface area contributed by atoms with E-state index in [4.69, 9.17) is 0 Å². The quantitative estimate of drug-likeness (QED) is 0.805. The molecular formula is C14H21BrFN. The maximum absolute atomic E-state index is 13.1. The fourth-order valence-corrected chi connectivity index (χ4v) is 2.50. The minimum Gasteiger partial charge on any atom is -0.310 e. The lowest BCUT2D eigenvalue weighted by atomic mass is 9.92. The Balaban J connectivity index is 2.95. The molecule has 0 aromatic heterocycles. The first-order valence-corrected chi connectivity index (χ1v) is 7.07. The van der Waals surface area contributed by atoms with Gasteiger partial charge in [-0.15, -0.1) is 0 Å². The molecule has 0 amide bonds. The van der Waals surface area contributed by atoms with Crippen LogP contribution in [0.1, 0.15) is 45.2 Å². The number of hydrogen-bond acceptors (Lipinski definition) is 1. The van der Waals surface area contributed by atoms with E-state index in [0.717, 1.165) is 29.4 Å². The third kappa shape index (κ3) is 4.07. The van der Waals surface area contributed by atoms with Crippen LogP contribution in [0.3, 0.4) is 0 Å². The van der Waals surface area contributed by atoms with Gasteiger partial charge in [-0.25, -0.2) is 4.39 Å². The fraction of sp³-hybridized carbons (Fsp3) is 0.571. The highest BCUT2D eigenvalue weighted by atomic mass is 79.9. The molecule has 0 fully saturated rings. The molecule has 17 heavy (non-hydrogen) atoms. The van der Waals surface area contributed by atoms with Crippen LogP contribution >= 0.6 is 15.9 Å². The molecule has 2 unspecified atom stereocenters. The molecular weight excluding hydrogens is 281 g/mol. The van der Waals surface area contributed by atoms with Crippen LogP contribution in [-0.4, -0.2) is 6.54 Å². The van der Waals surface area contributed by atoms with E-state index in [1.165, 1.54) is 6.07 Å². The van der Waals surface area contributed by atoms with Crippen molar-refractivity contribution in [2.24, 2.45) is 5.92 Å². The van der Waals surface area contributed by atoms with Crippen molar-refractivity contribution in [1.82, 2.24) is 5.32 Å². The Morgan fingerprint density at radius 3 is 2.59 bits per heavy atom. The maximum atomic E-state index is 13.1. The third-order valence-electron chi connectivity index (χ3n) is 3.12. The van der Waals surface area contributed by atoms with Gasteiger partial charge in [-0.1, -0.05) is 49.2 Å². The lowest BCUT2D eigenvalue weighted by molar-refractivity contribution is 0.375. The van der Waals surface area contributed by atoms with Crippen molar-refractivity contribution in [1.29, 1.82) is 0 Å². The van der Waals surface area contributed by atoms with Crippen LogP contribution in [0, 0.1) is 11.7 Å². The van der Waals surface area contributed by atoms with Gasteiger partial charge in [0.05, 0.1) is 0 Å². The van der Waals surface area contributed by atoms with Crippen LogP contribution in [-0.2, 0) is 0 Å². The molecule has 0 spiro atoms. The molecule has 0 aliphatic heterocycles. The zero-order chi connectivity index (χ0) is 12.8. The molecule has 1 aromatic rings. The van der Waals surface area contributed by atoms with Crippen LogP contribution in [0.2, 0.25) is 0 Å². The molecule has 1 N–H and O–H groups in total. The number of hydrogen-bond donors (Lipinski definition) is 1. The minimum atomic E-state index is -0.195. The second-order valence-corrected chi connectivity index (χ2v) is 5.34. The molecule has 1 aromatic carbocycles. The van der Waals surface area contributed by atoms with E-state index in [-0.39, 0.29) is 11.9 Å². The summed E-state index contributed by atoms with van der Waals surface area (Å²) in [5, 5.41) is 3.54. The molecule has 2 atom stereocenters. The summed E-state index contributed by atoms with van der Waals surface area (Å²) in [6.45, 7) is 7.55. The molecule has 0 radical (unpaired) electrons. The van der Waals surface area contributed by atoms with Crippen LogP contribution in [0.25, 0.3) is 0 Å². The summed E-state index contributed by atoms with van der Waals surface area (Å²) in [6.07, 6.45) is 2.21. The van der Waals surface area contributed by atoms with Crippen molar-refractivity contribution >= 4 is 15.9 Å². The van der Waals surface area contributed by atoms with Crippen LogP contribution < -0.4 is 5.32 Å². The van der Waals surface area contributed by atoms with Gasteiger partial charge in [0.25, 0.3) is 0 Å². The molecule has 1 rings (SSSR count). The number of benzene rings is 1. The predicted octanol–water partition coefficient (Wildman–Crippen LogP) is 4.68. The van der Waals surface area contributed by atoms with Crippen molar-refractivity contribution < 1.29 is 4.39 Å². The third-order valence-corrected chi connectivity index (χ3v) is 3.81. The topological polar surface area (TPSA) is 12.0 Å². The predicted molar refractivity (Wildman–Crippen MR) is 74.6 cm³/mol. The van der Waals surface area contributed by atoms with Crippen molar-refractivity contribution in [2.45, 2.75) is 39.7 Å². The first kappa shape index (κ1) is 14.7. The molecule has 0 aliphatic carbocycles. The van der Waals surface area contributed by atoms with Crippen LogP contribution in [0.4, 0.5) is 4.39 Å². The number of halogens is 2. The van der Waals surface area contributed by atoms with Gasteiger partial charge in [-0.3, -0.25) is 0 Å². The molecule has 1 nitrogen and oxygen atoms in total. The summed E-state index contributed by atoms with van der Waals surface area (Å²) < 4.78 is 13.9. The molecule has 0 heterocycles. The SMILES string of the molecule is CCCNC(c1ccc(F)cc1Br)C(C)CC. The monoisotopic (exact) mass is 301 g/mol. The minimum absolute atomic E-state index is 0.195. The zero-order valence-electron chi connectivity index (χ0n) is 10.8. The highest BCUT2D eigenvalue weighted by Crippen LogP contribution is 2.30. The van der Waals surface area contributed by atoms with Gasteiger partial charge < -0.3 is 5.32 Å². The van der Waals surface area contributed by atoms with Crippen LogP contribution in [0.5, 0.6) is 0 Å². The van der Waals surface area contributed by atoms with Gasteiger partial charge in [0, 0.05) is 10.5 Å². The molecule has 0 aliphatic rings. The van der Waals surface area contributed by atoms with Crippen molar-refractivity contribution in [3.63, 3.8) is 0 Å². The Labute approximate surface area is 112 Å². The van der Waals surface area contributed by atoms with Crippen molar-refractivity contribution in [3.8, 4) is 0 Å². The van der Waals surface area contributed by atoms with Gasteiger partial charge in [0.15, 0.2) is 0 Å². The lowest BCUT2D eigenvalue weighted by Crippen LogP contribution is -2.27. The second kappa shape index (κ2) is 7.12. The highest BCUT2D eigenvalue weighted by Gasteiger charge is 2.19. The van der Waals surface area contributed by atoms with E-state index in [1.54, 1.807) is 6.07 Å². The van der Waals surface area contributed by atoms with E-state index in [2.05, 4.69) is 42.0 Å². The Morgan fingerprint density at radius 2 is 2.06 bits per heavy atom. The molecule has 0 saturated heterocycles. The zero-order valence-corrected chi connectivity index (χ0v) is 12.3. The first-order valence-electron chi connectivity index (χ1n) is 6.28. The molecule has 96 valence electrons. The second-order valence-electron chi connectivity index (χ2n) is 4.48. The van der Waals surface area contributed by atoms with Gasteiger partial charge in [0.1, 0.15) is 5.82 Å². The first-order chi connectivity index (χ1) is 8.10. The van der Waals surface area contributed by atoms with Crippen LogP contribution in [0.15, 0.2) is 22.7 Å². The Bertz CT molecular complexity index is 354. The Kier molecular flexibility index (Phi) is 6.14. The number of rotatable bonds is 6. The fourth-order valence-electron chi connectivity index (χ4n) is 1.91. The summed E-state index contributed by atoms with van der Waals surface area (Å²) in [4.78, 5) is 0. The molecule has 3 heteroatoms. The smallest absolute Gasteiger partial charge is 0.124 e. The largest absolute Gasteiger partial charge is 0.310 e. The van der Waals surface area contributed by atoms with E-state index in [9.17, 15) is 4.39 Å². The summed E-state index contributed by atoms with van der Waals surface area (Å²) in [5.41, 5.74) is 1.15. The van der Waals surface area contributed by atoms with E-state index >= 15 is 0 Å².